The number of nitrogens with two attached hydrogens (primary N) is 1. The second-order valence-corrected chi connectivity index (χ2v) is 7.71. The molecule has 0 fully saturated rings. The van der Waals surface area contributed by atoms with Crippen LogP contribution in [-0.4, -0.2) is 42.7 Å². The number of anilines is 1. The molecule has 0 spiro atoms. The highest BCUT2D eigenvalue weighted by Gasteiger charge is 2.29. The number of carbonyl (C=O) groups excluding carboxylic acids is 1. The van der Waals surface area contributed by atoms with E-state index < -0.39 is 18.3 Å². The highest BCUT2D eigenvalue weighted by atomic mass is 16.5. The first-order chi connectivity index (χ1) is 15.5. The number of rotatable bonds is 7. The molecule has 0 bridgehead atoms. The summed E-state index contributed by atoms with van der Waals surface area (Å²) in [5.74, 6) is 0.493. The van der Waals surface area contributed by atoms with Crippen LogP contribution in [0.25, 0.3) is 11.1 Å². The lowest BCUT2D eigenvalue weighted by Crippen LogP contribution is -2.36. The van der Waals surface area contributed by atoms with Gasteiger partial charge in [0.1, 0.15) is 24.6 Å². The second-order valence-electron chi connectivity index (χ2n) is 7.71. The van der Waals surface area contributed by atoms with Crippen LogP contribution < -0.4 is 15.8 Å². The first-order valence-corrected chi connectivity index (χ1v) is 10.4. The van der Waals surface area contributed by atoms with Gasteiger partial charge in [0, 0.05) is 29.8 Å². The van der Waals surface area contributed by atoms with Crippen molar-refractivity contribution in [1.29, 1.82) is 0 Å². The Hall–Kier alpha value is -3.55. The molecule has 0 saturated heterocycles. The zero-order chi connectivity index (χ0) is 22.7. The third-order valence-corrected chi connectivity index (χ3v) is 5.78. The maximum Gasteiger partial charge on any atom is 0.407 e. The molecule has 0 radical (unpaired) electrons. The van der Waals surface area contributed by atoms with Crippen molar-refractivity contribution < 1.29 is 24.5 Å². The summed E-state index contributed by atoms with van der Waals surface area (Å²) in [5, 5.41) is 23.2. The minimum atomic E-state index is -1.27. The lowest BCUT2D eigenvalue weighted by molar-refractivity contribution is 0.0189. The second kappa shape index (κ2) is 9.30. The van der Waals surface area contributed by atoms with Gasteiger partial charge in [0.2, 0.25) is 0 Å². The molecular weight excluding hydrogens is 408 g/mol. The number of carbonyl (C=O) groups is 1. The monoisotopic (exact) mass is 434 g/mol. The Balaban J connectivity index is 1.34. The highest BCUT2D eigenvalue weighted by molar-refractivity contribution is 5.79. The topological polar surface area (TPSA) is 114 Å². The number of hydrogen-bond acceptors (Lipinski definition) is 6. The van der Waals surface area contributed by atoms with Gasteiger partial charge in [-0.05, 0) is 28.3 Å². The number of amides is 1. The molecule has 1 aliphatic rings. The van der Waals surface area contributed by atoms with Gasteiger partial charge in [0.15, 0.2) is 0 Å². The number of alkyl carbamates (subject to hydrolysis) is 1. The fourth-order valence-electron chi connectivity index (χ4n) is 4.11. The molecule has 5 N–H and O–H groups in total. The molecule has 1 aliphatic carbocycles. The molecule has 32 heavy (non-hydrogen) atoms. The summed E-state index contributed by atoms with van der Waals surface area (Å²) >= 11 is 0. The predicted octanol–water partition coefficient (Wildman–Crippen LogP) is 3.21. The van der Waals surface area contributed by atoms with Crippen LogP contribution in [-0.2, 0) is 4.74 Å². The fraction of sp³-hybridized carbons (Fsp3) is 0.240. The van der Waals surface area contributed by atoms with Gasteiger partial charge in [-0.3, -0.25) is 0 Å². The average molecular weight is 434 g/mol. The molecule has 7 nitrogen and oxygen atoms in total. The number of ether oxygens (including phenoxy) is 2. The summed E-state index contributed by atoms with van der Waals surface area (Å²) in [4.78, 5) is 12.3. The van der Waals surface area contributed by atoms with E-state index in [-0.39, 0.29) is 24.8 Å². The largest absolute Gasteiger partial charge is 0.497 e. The lowest BCUT2D eigenvalue weighted by atomic mass is 9.98. The number of aliphatic hydroxyl groups is 2. The molecular formula is C25H26N2O5. The van der Waals surface area contributed by atoms with Crippen LogP contribution >= 0.6 is 0 Å². The van der Waals surface area contributed by atoms with Crippen molar-refractivity contribution in [3.8, 4) is 16.9 Å². The van der Waals surface area contributed by atoms with E-state index in [1.807, 2.05) is 36.4 Å². The van der Waals surface area contributed by atoms with Gasteiger partial charge in [-0.2, -0.15) is 0 Å². The van der Waals surface area contributed by atoms with Crippen molar-refractivity contribution in [1.82, 2.24) is 5.32 Å². The predicted molar refractivity (Wildman–Crippen MR) is 121 cm³/mol. The number of nitrogens with one attached hydrogen (secondary N) is 1. The van der Waals surface area contributed by atoms with E-state index in [1.165, 1.54) is 7.11 Å². The van der Waals surface area contributed by atoms with Gasteiger partial charge in [0.25, 0.3) is 0 Å². The Bertz CT molecular complexity index is 1070. The number of nitrogen functional groups attached to an aromatic ring is 1. The zero-order valence-corrected chi connectivity index (χ0v) is 17.7. The van der Waals surface area contributed by atoms with E-state index in [0.29, 0.717) is 11.3 Å². The Kier molecular flexibility index (Phi) is 6.30. The Labute approximate surface area is 186 Å². The summed E-state index contributed by atoms with van der Waals surface area (Å²) in [6.07, 6.45) is -3.19. The molecule has 0 aliphatic heterocycles. The Morgan fingerprint density at radius 2 is 1.66 bits per heavy atom. The van der Waals surface area contributed by atoms with Crippen LogP contribution in [0.3, 0.4) is 0 Å². The van der Waals surface area contributed by atoms with Gasteiger partial charge in [-0.1, -0.05) is 54.6 Å². The summed E-state index contributed by atoms with van der Waals surface area (Å²) in [6.45, 7) is -0.0206. The minimum absolute atomic E-state index is 0.0530. The molecule has 0 saturated carbocycles. The highest BCUT2D eigenvalue weighted by Crippen LogP contribution is 2.44. The first-order valence-electron chi connectivity index (χ1n) is 10.4. The van der Waals surface area contributed by atoms with Crippen molar-refractivity contribution in [3.05, 3.63) is 83.4 Å². The summed E-state index contributed by atoms with van der Waals surface area (Å²) in [6, 6.07) is 20.9. The third-order valence-electron chi connectivity index (χ3n) is 5.78. The summed E-state index contributed by atoms with van der Waals surface area (Å²) < 4.78 is 10.5. The number of fused-ring (bicyclic) bond motifs is 3. The summed E-state index contributed by atoms with van der Waals surface area (Å²) in [5.41, 5.74) is 11.1. The van der Waals surface area contributed by atoms with Crippen LogP contribution in [0, 0.1) is 0 Å². The van der Waals surface area contributed by atoms with E-state index in [9.17, 15) is 15.0 Å². The summed E-state index contributed by atoms with van der Waals surface area (Å²) in [7, 11) is 1.51. The van der Waals surface area contributed by atoms with Crippen LogP contribution in [0.4, 0.5) is 10.5 Å². The van der Waals surface area contributed by atoms with Crippen molar-refractivity contribution in [2.75, 3.05) is 26.0 Å². The first kappa shape index (κ1) is 21.7. The van der Waals surface area contributed by atoms with Crippen molar-refractivity contribution >= 4 is 11.8 Å². The number of methoxy groups -OCH3 is 1. The average Bonchev–Trinajstić information content (AvgIpc) is 3.14. The molecule has 3 aromatic carbocycles. The van der Waals surface area contributed by atoms with E-state index in [2.05, 4.69) is 17.4 Å². The molecule has 7 heteroatoms. The maximum atomic E-state index is 12.3. The molecule has 3 aromatic rings. The van der Waals surface area contributed by atoms with Gasteiger partial charge < -0.3 is 30.7 Å². The van der Waals surface area contributed by atoms with E-state index in [1.54, 1.807) is 18.2 Å². The maximum absolute atomic E-state index is 12.3. The number of hydrogen-bond donors (Lipinski definition) is 4. The molecule has 0 heterocycles. The van der Waals surface area contributed by atoms with Gasteiger partial charge in [-0.25, -0.2) is 4.79 Å². The zero-order valence-electron chi connectivity index (χ0n) is 17.7. The van der Waals surface area contributed by atoms with Gasteiger partial charge >= 0.3 is 6.09 Å². The van der Waals surface area contributed by atoms with Crippen LogP contribution in [0.15, 0.2) is 66.7 Å². The van der Waals surface area contributed by atoms with Crippen LogP contribution in [0.1, 0.15) is 28.7 Å². The standard InChI is InChI=1S/C25H26N2O5/c1-31-15-10-11-20(22(26)12-15)24(29)23(28)13-27-25(30)32-14-21-18-8-4-2-6-16(18)17-7-3-5-9-19(17)21/h2-12,21,23-24,28-29H,13-14,26H2,1H3,(H,27,30). The molecule has 2 atom stereocenters. The lowest BCUT2D eigenvalue weighted by Gasteiger charge is -2.21. The molecule has 1 amide bonds. The van der Waals surface area contributed by atoms with E-state index >= 15 is 0 Å². The van der Waals surface area contributed by atoms with E-state index in [4.69, 9.17) is 15.2 Å². The fourth-order valence-corrected chi connectivity index (χ4v) is 4.11. The smallest absolute Gasteiger partial charge is 0.407 e. The quantitative estimate of drug-likeness (QED) is 0.425. The molecule has 2 unspecified atom stereocenters. The van der Waals surface area contributed by atoms with E-state index in [0.717, 1.165) is 22.3 Å². The molecule has 0 aromatic heterocycles. The van der Waals surface area contributed by atoms with Gasteiger partial charge in [0.05, 0.1) is 7.11 Å². The number of benzene rings is 3. The Morgan fingerprint density at radius 3 is 2.25 bits per heavy atom. The third kappa shape index (κ3) is 4.26. The van der Waals surface area contributed by atoms with Crippen LogP contribution in [0.5, 0.6) is 5.75 Å². The minimum Gasteiger partial charge on any atom is -0.497 e. The van der Waals surface area contributed by atoms with Crippen molar-refractivity contribution in [2.24, 2.45) is 0 Å². The van der Waals surface area contributed by atoms with Crippen molar-refractivity contribution in [2.45, 2.75) is 18.1 Å². The Morgan fingerprint density at radius 1 is 1.03 bits per heavy atom. The normalized spacial score (nSPS) is 14.2. The van der Waals surface area contributed by atoms with Crippen molar-refractivity contribution in [3.63, 3.8) is 0 Å². The molecule has 4 rings (SSSR count). The SMILES string of the molecule is COc1ccc(C(O)C(O)CNC(=O)OCC2c3ccccc3-c3ccccc32)c(N)c1. The number of aliphatic hydroxyl groups excluding tert-OH is 2. The molecule has 166 valence electrons. The van der Waals surface area contributed by atoms with Crippen LogP contribution in [0.2, 0.25) is 0 Å². The van der Waals surface area contributed by atoms with Gasteiger partial charge in [-0.15, -0.1) is 0 Å².